The van der Waals surface area contributed by atoms with Crippen molar-refractivity contribution in [3.05, 3.63) is 47.3 Å². The van der Waals surface area contributed by atoms with Gasteiger partial charge in [-0.05, 0) is 11.6 Å². The standard InChI is InChI=1S/C12H15ClN4/c1-17-7-6-16-12(17)3-5-14-8-10-2-4-15-9-11(10)13/h2,4,6-7,9,14H,3,5,8H2,1H3. The predicted molar refractivity (Wildman–Crippen MR) is 67.9 cm³/mol. The Balaban J connectivity index is 1.77. The SMILES string of the molecule is Cn1ccnc1CCNCc1ccncc1Cl. The molecule has 2 rings (SSSR count). The van der Waals surface area contributed by atoms with Crippen molar-refractivity contribution >= 4 is 11.6 Å². The monoisotopic (exact) mass is 250 g/mol. The minimum Gasteiger partial charge on any atom is -0.338 e. The third-order valence-corrected chi connectivity index (χ3v) is 2.96. The molecule has 0 bridgehead atoms. The summed E-state index contributed by atoms with van der Waals surface area (Å²) in [5, 5.41) is 4.05. The van der Waals surface area contributed by atoms with Crippen molar-refractivity contribution in [2.75, 3.05) is 6.54 Å². The molecule has 1 N–H and O–H groups in total. The summed E-state index contributed by atoms with van der Waals surface area (Å²) in [5.41, 5.74) is 1.07. The second kappa shape index (κ2) is 5.80. The maximum absolute atomic E-state index is 6.01. The number of halogens is 1. The first kappa shape index (κ1) is 12.1. The first-order valence-electron chi connectivity index (χ1n) is 5.52. The molecule has 0 aliphatic heterocycles. The van der Waals surface area contributed by atoms with E-state index in [0.717, 1.165) is 30.9 Å². The van der Waals surface area contributed by atoms with E-state index in [1.165, 1.54) is 0 Å². The number of rotatable bonds is 5. The number of nitrogens with one attached hydrogen (secondary N) is 1. The lowest BCUT2D eigenvalue weighted by Crippen LogP contribution is -2.18. The van der Waals surface area contributed by atoms with E-state index in [4.69, 9.17) is 11.6 Å². The molecule has 0 unspecified atom stereocenters. The number of hydrogen-bond acceptors (Lipinski definition) is 3. The van der Waals surface area contributed by atoms with Gasteiger partial charge >= 0.3 is 0 Å². The van der Waals surface area contributed by atoms with Gasteiger partial charge in [0, 0.05) is 51.3 Å². The summed E-state index contributed by atoms with van der Waals surface area (Å²) in [5.74, 6) is 1.08. The van der Waals surface area contributed by atoms with Gasteiger partial charge in [-0.15, -0.1) is 0 Å². The molecule has 2 aromatic rings. The topological polar surface area (TPSA) is 42.7 Å². The van der Waals surface area contributed by atoms with E-state index in [9.17, 15) is 0 Å². The average Bonchev–Trinajstić information content (AvgIpc) is 2.73. The van der Waals surface area contributed by atoms with Crippen molar-refractivity contribution in [2.45, 2.75) is 13.0 Å². The van der Waals surface area contributed by atoms with Crippen LogP contribution < -0.4 is 5.32 Å². The van der Waals surface area contributed by atoms with Gasteiger partial charge in [0.05, 0.1) is 5.02 Å². The van der Waals surface area contributed by atoms with Crippen LogP contribution in [0.5, 0.6) is 0 Å². The highest BCUT2D eigenvalue weighted by Crippen LogP contribution is 2.12. The van der Waals surface area contributed by atoms with Crippen molar-refractivity contribution < 1.29 is 0 Å². The van der Waals surface area contributed by atoms with Gasteiger partial charge in [-0.1, -0.05) is 11.6 Å². The number of imidazole rings is 1. The Kier molecular flexibility index (Phi) is 4.12. The molecule has 0 spiro atoms. The van der Waals surface area contributed by atoms with E-state index < -0.39 is 0 Å². The third kappa shape index (κ3) is 3.28. The van der Waals surface area contributed by atoms with Crippen LogP contribution in [0.1, 0.15) is 11.4 Å². The van der Waals surface area contributed by atoms with Crippen molar-refractivity contribution in [1.29, 1.82) is 0 Å². The van der Waals surface area contributed by atoms with Crippen LogP contribution in [0.15, 0.2) is 30.9 Å². The second-order valence-electron chi connectivity index (χ2n) is 3.85. The Morgan fingerprint density at radius 3 is 3.00 bits per heavy atom. The maximum atomic E-state index is 6.01. The summed E-state index contributed by atoms with van der Waals surface area (Å²) in [6, 6.07) is 1.93. The average molecular weight is 251 g/mol. The van der Waals surface area contributed by atoms with E-state index in [1.54, 1.807) is 12.4 Å². The summed E-state index contributed by atoms with van der Waals surface area (Å²) in [6.07, 6.45) is 8.09. The molecule has 0 amide bonds. The molecule has 0 atom stereocenters. The lowest BCUT2D eigenvalue weighted by atomic mass is 10.2. The van der Waals surface area contributed by atoms with Gasteiger partial charge in [0.2, 0.25) is 0 Å². The summed E-state index contributed by atoms with van der Waals surface area (Å²) < 4.78 is 2.03. The largest absolute Gasteiger partial charge is 0.338 e. The molecule has 0 fully saturated rings. The summed E-state index contributed by atoms with van der Waals surface area (Å²) in [6.45, 7) is 1.63. The summed E-state index contributed by atoms with van der Waals surface area (Å²) in [4.78, 5) is 8.22. The number of hydrogen-bond donors (Lipinski definition) is 1. The van der Waals surface area contributed by atoms with Crippen LogP contribution in [0.4, 0.5) is 0 Å². The quantitative estimate of drug-likeness (QED) is 0.823. The fraction of sp³-hybridized carbons (Fsp3) is 0.333. The van der Waals surface area contributed by atoms with Crippen LogP contribution >= 0.6 is 11.6 Å². The number of pyridine rings is 1. The molecule has 90 valence electrons. The Morgan fingerprint density at radius 1 is 1.41 bits per heavy atom. The number of aromatic nitrogens is 3. The van der Waals surface area contributed by atoms with E-state index in [1.807, 2.05) is 30.1 Å². The highest BCUT2D eigenvalue weighted by atomic mass is 35.5. The summed E-state index contributed by atoms with van der Waals surface area (Å²) in [7, 11) is 2.00. The molecular weight excluding hydrogens is 236 g/mol. The van der Waals surface area contributed by atoms with Crippen molar-refractivity contribution in [3.8, 4) is 0 Å². The molecular formula is C12H15ClN4. The van der Waals surface area contributed by atoms with Crippen LogP contribution in [0, 0.1) is 0 Å². The second-order valence-corrected chi connectivity index (χ2v) is 4.26. The van der Waals surface area contributed by atoms with E-state index in [2.05, 4.69) is 15.3 Å². The van der Waals surface area contributed by atoms with E-state index in [-0.39, 0.29) is 0 Å². The normalized spacial score (nSPS) is 10.7. The van der Waals surface area contributed by atoms with Crippen molar-refractivity contribution in [3.63, 3.8) is 0 Å². The smallest absolute Gasteiger partial charge is 0.109 e. The molecule has 0 saturated heterocycles. The number of aryl methyl sites for hydroxylation is 1. The van der Waals surface area contributed by atoms with Gasteiger partial charge in [-0.2, -0.15) is 0 Å². The molecule has 4 nitrogen and oxygen atoms in total. The first-order chi connectivity index (χ1) is 8.27. The van der Waals surface area contributed by atoms with Gasteiger partial charge in [0.15, 0.2) is 0 Å². The Labute approximate surface area is 106 Å². The molecule has 2 aromatic heterocycles. The first-order valence-corrected chi connectivity index (χ1v) is 5.90. The van der Waals surface area contributed by atoms with Crippen molar-refractivity contribution in [2.24, 2.45) is 7.05 Å². The van der Waals surface area contributed by atoms with Gasteiger partial charge < -0.3 is 9.88 Å². The minimum atomic E-state index is 0.706. The summed E-state index contributed by atoms with van der Waals surface area (Å²) >= 11 is 6.01. The Morgan fingerprint density at radius 2 is 2.29 bits per heavy atom. The maximum Gasteiger partial charge on any atom is 0.109 e. The van der Waals surface area contributed by atoms with Gasteiger partial charge in [0.1, 0.15) is 5.82 Å². The van der Waals surface area contributed by atoms with Crippen molar-refractivity contribution in [1.82, 2.24) is 19.9 Å². The van der Waals surface area contributed by atoms with Crippen LogP contribution in [-0.2, 0) is 20.0 Å². The molecule has 5 heteroatoms. The van der Waals surface area contributed by atoms with Crippen LogP contribution in [0.3, 0.4) is 0 Å². The molecule has 2 heterocycles. The van der Waals surface area contributed by atoms with Crippen LogP contribution in [0.25, 0.3) is 0 Å². The van der Waals surface area contributed by atoms with Gasteiger partial charge in [-0.25, -0.2) is 4.98 Å². The molecule has 0 radical (unpaired) electrons. The van der Waals surface area contributed by atoms with Gasteiger partial charge in [-0.3, -0.25) is 4.98 Å². The zero-order chi connectivity index (χ0) is 12.1. The van der Waals surface area contributed by atoms with Gasteiger partial charge in [0.25, 0.3) is 0 Å². The molecule has 0 aliphatic rings. The zero-order valence-corrected chi connectivity index (χ0v) is 10.5. The highest BCUT2D eigenvalue weighted by Gasteiger charge is 2.00. The highest BCUT2D eigenvalue weighted by molar-refractivity contribution is 6.31. The molecule has 17 heavy (non-hydrogen) atoms. The molecule has 0 aliphatic carbocycles. The lowest BCUT2D eigenvalue weighted by molar-refractivity contribution is 0.654. The Bertz CT molecular complexity index is 481. The fourth-order valence-corrected chi connectivity index (χ4v) is 1.79. The van der Waals surface area contributed by atoms with Crippen LogP contribution in [0.2, 0.25) is 5.02 Å². The zero-order valence-electron chi connectivity index (χ0n) is 9.73. The Hall–Kier alpha value is -1.39. The minimum absolute atomic E-state index is 0.706. The fourth-order valence-electron chi connectivity index (χ4n) is 1.61. The predicted octanol–water partition coefficient (Wildman–Crippen LogP) is 1.80. The number of nitrogens with zero attached hydrogens (tertiary/aromatic N) is 3. The molecule has 0 aromatic carbocycles. The third-order valence-electron chi connectivity index (χ3n) is 2.62. The lowest BCUT2D eigenvalue weighted by Gasteiger charge is -2.06. The van der Waals surface area contributed by atoms with E-state index in [0.29, 0.717) is 5.02 Å². The molecule has 0 saturated carbocycles. The van der Waals surface area contributed by atoms with Crippen LogP contribution in [-0.4, -0.2) is 21.1 Å². The van der Waals surface area contributed by atoms with E-state index >= 15 is 0 Å².